The molecule has 0 bridgehead atoms. The Morgan fingerprint density at radius 1 is 1.30 bits per heavy atom. The molecule has 1 atom stereocenters. The fourth-order valence-electron chi connectivity index (χ4n) is 2.74. The molecule has 0 aliphatic carbocycles. The summed E-state index contributed by atoms with van der Waals surface area (Å²) in [6, 6.07) is 10.6. The molecule has 3 nitrogen and oxygen atoms in total. The minimum absolute atomic E-state index is 0.304. The summed E-state index contributed by atoms with van der Waals surface area (Å²) in [6.45, 7) is 2.96. The van der Waals surface area contributed by atoms with Crippen LogP contribution in [-0.4, -0.2) is 37.5 Å². The van der Waals surface area contributed by atoms with Crippen LogP contribution in [-0.2, 0) is 11.2 Å². The number of amides is 1. The summed E-state index contributed by atoms with van der Waals surface area (Å²) in [5.74, 6) is 0.854. The number of hydrogen-bond acceptors (Lipinski definition) is 2. The topological polar surface area (TPSA) is 32.3 Å². The number of carbonyl (C=O) groups excluding carboxylic acids is 1. The second-order valence-corrected chi connectivity index (χ2v) is 5.82. The first-order chi connectivity index (χ1) is 9.75. The third-order valence-electron chi connectivity index (χ3n) is 4.10. The Labute approximate surface area is 122 Å². The summed E-state index contributed by atoms with van der Waals surface area (Å²) >= 11 is 0. The summed E-state index contributed by atoms with van der Waals surface area (Å²) in [5, 5.41) is 3.32. The van der Waals surface area contributed by atoms with E-state index < -0.39 is 0 Å². The third kappa shape index (κ3) is 4.97. The van der Waals surface area contributed by atoms with Crippen molar-refractivity contribution in [1.82, 2.24) is 10.2 Å². The Kier molecular flexibility index (Phi) is 6.06. The second-order valence-electron chi connectivity index (χ2n) is 5.82. The molecular formula is C17H26N2O. The van der Waals surface area contributed by atoms with Crippen molar-refractivity contribution >= 4 is 5.91 Å². The van der Waals surface area contributed by atoms with E-state index in [1.54, 1.807) is 0 Å². The Hall–Kier alpha value is -1.35. The molecule has 1 aromatic carbocycles. The van der Waals surface area contributed by atoms with E-state index in [0.29, 0.717) is 18.2 Å². The number of aryl methyl sites for hydroxylation is 1. The van der Waals surface area contributed by atoms with Crippen LogP contribution in [0.2, 0.25) is 0 Å². The molecule has 1 aromatic rings. The van der Waals surface area contributed by atoms with Crippen LogP contribution in [0, 0.1) is 5.92 Å². The average Bonchev–Trinajstić information content (AvgIpc) is 2.97. The van der Waals surface area contributed by atoms with Gasteiger partial charge in [-0.3, -0.25) is 4.79 Å². The van der Waals surface area contributed by atoms with Gasteiger partial charge in [-0.1, -0.05) is 30.3 Å². The first-order valence-corrected chi connectivity index (χ1v) is 7.74. The zero-order valence-corrected chi connectivity index (χ0v) is 12.5. The molecule has 3 heteroatoms. The minimum atomic E-state index is 0.304. The van der Waals surface area contributed by atoms with E-state index in [4.69, 9.17) is 0 Å². The van der Waals surface area contributed by atoms with E-state index in [1.165, 1.54) is 5.56 Å². The molecule has 1 unspecified atom stereocenters. The Morgan fingerprint density at radius 3 is 2.80 bits per heavy atom. The second kappa shape index (κ2) is 8.05. The summed E-state index contributed by atoms with van der Waals surface area (Å²) in [4.78, 5) is 14.0. The highest BCUT2D eigenvalue weighted by Crippen LogP contribution is 2.13. The Balaban J connectivity index is 1.59. The lowest BCUT2D eigenvalue weighted by Gasteiger charge is -2.19. The monoisotopic (exact) mass is 274 g/mol. The Morgan fingerprint density at radius 2 is 2.10 bits per heavy atom. The van der Waals surface area contributed by atoms with Crippen LogP contribution in [0.15, 0.2) is 30.3 Å². The number of benzene rings is 1. The van der Waals surface area contributed by atoms with Crippen molar-refractivity contribution in [3.8, 4) is 0 Å². The third-order valence-corrected chi connectivity index (χ3v) is 4.10. The molecule has 1 aliphatic heterocycles. The van der Waals surface area contributed by atoms with E-state index in [9.17, 15) is 4.79 Å². The lowest BCUT2D eigenvalue weighted by Crippen LogP contribution is -2.29. The maximum Gasteiger partial charge on any atom is 0.222 e. The summed E-state index contributed by atoms with van der Waals surface area (Å²) in [6.07, 6.45) is 5.19. The van der Waals surface area contributed by atoms with Crippen molar-refractivity contribution in [2.75, 3.05) is 26.7 Å². The van der Waals surface area contributed by atoms with Crippen LogP contribution in [0.25, 0.3) is 0 Å². The molecule has 20 heavy (non-hydrogen) atoms. The van der Waals surface area contributed by atoms with Crippen molar-refractivity contribution in [3.63, 3.8) is 0 Å². The van der Waals surface area contributed by atoms with Gasteiger partial charge in [0.25, 0.3) is 0 Å². The molecule has 1 N–H and O–H groups in total. The van der Waals surface area contributed by atoms with Gasteiger partial charge in [-0.05, 0) is 50.3 Å². The van der Waals surface area contributed by atoms with Crippen LogP contribution in [0.3, 0.4) is 0 Å². The zero-order valence-electron chi connectivity index (χ0n) is 12.5. The smallest absolute Gasteiger partial charge is 0.222 e. The Bertz CT molecular complexity index is 399. The number of rotatable bonds is 7. The molecule has 2 rings (SSSR count). The maximum absolute atomic E-state index is 12.1. The number of nitrogens with one attached hydrogen (secondary N) is 1. The predicted molar refractivity (Wildman–Crippen MR) is 82.6 cm³/mol. The van der Waals surface area contributed by atoms with E-state index in [-0.39, 0.29) is 0 Å². The van der Waals surface area contributed by atoms with Crippen LogP contribution >= 0.6 is 0 Å². The van der Waals surface area contributed by atoms with E-state index >= 15 is 0 Å². The van der Waals surface area contributed by atoms with Gasteiger partial charge < -0.3 is 10.2 Å². The van der Waals surface area contributed by atoms with Gasteiger partial charge >= 0.3 is 0 Å². The van der Waals surface area contributed by atoms with Gasteiger partial charge in [0.2, 0.25) is 5.91 Å². The van der Waals surface area contributed by atoms with Gasteiger partial charge in [0, 0.05) is 20.0 Å². The van der Waals surface area contributed by atoms with Gasteiger partial charge in [-0.15, -0.1) is 0 Å². The van der Waals surface area contributed by atoms with Gasteiger partial charge in [-0.25, -0.2) is 0 Å². The normalized spacial score (nSPS) is 18.1. The molecule has 0 spiro atoms. The highest BCUT2D eigenvalue weighted by atomic mass is 16.2. The highest BCUT2D eigenvalue weighted by Gasteiger charge is 2.19. The molecule has 1 aliphatic rings. The first kappa shape index (κ1) is 15.0. The van der Waals surface area contributed by atoms with Gasteiger partial charge in [0.15, 0.2) is 0 Å². The van der Waals surface area contributed by atoms with Crippen LogP contribution in [0.5, 0.6) is 0 Å². The zero-order chi connectivity index (χ0) is 14.2. The SMILES string of the molecule is CN(CCCCc1ccccc1)C(=O)CC1CCNC1. The molecule has 1 saturated heterocycles. The molecule has 1 amide bonds. The summed E-state index contributed by atoms with van der Waals surface area (Å²) < 4.78 is 0. The van der Waals surface area contributed by atoms with E-state index in [1.807, 2.05) is 18.0 Å². The van der Waals surface area contributed by atoms with Gasteiger partial charge in [0.1, 0.15) is 0 Å². The minimum Gasteiger partial charge on any atom is -0.346 e. The number of nitrogens with zero attached hydrogens (tertiary/aromatic N) is 1. The van der Waals surface area contributed by atoms with Crippen molar-refractivity contribution in [2.45, 2.75) is 32.1 Å². The molecule has 110 valence electrons. The molecule has 0 saturated carbocycles. The lowest BCUT2D eigenvalue weighted by molar-refractivity contribution is -0.130. The van der Waals surface area contributed by atoms with Crippen molar-refractivity contribution in [2.24, 2.45) is 5.92 Å². The molecule has 1 fully saturated rings. The van der Waals surface area contributed by atoms with E-state index in [0.717, 1.165) is 45.3 Å². The average molecular weight is 274 g/mol. The molecular weight excluding hydrogens is 248 g/mol. The fourth-order valence-corrected chi connectivity index (χ4v) is 2.74. The van der Waals surface area contributed by atoms with Crippen LogP contribution in [0.1, 0.15) is 31.2 Å². The van der Waals surface area contributed by atoms with E-state index in [2.05, 4.69) is 29.6 Å². The number of carbonyl (C=O) groups is 1. The fraction of sp³-hybridized carbons (Fsp3) is 0.588. The number of hydrogen-bond donors (Lipinski definition) is 1. The largest absolute Gasteiger partial charge is 0.346 e. The first-order valence-electron chi connectivity index (χ1n) is 7.74. The standard InChI is InChI=1S/C17H26N2O/c1-19(17(20)13-16-10-11-18-14-16)12-6-5-9-15-7-3-2-4-8-15/h2-4,7-8,16,18H,5-6,9-14H2,1H3. The van der Waals surface area contributed by atoms with Crippen molar-refractivity contribution in [3.05, 3.63) is 35.9 Å². The van der Waals surface area contributed by atoms with Gasteiger partial charge in [-0.2, -0.15) is 0 Å². The number of unbranched alkanes of at least 4 members (excludes halogenated alkanes) is 1. The van der Waals surface area contributed by atoms with Crippen LogP contribution < -0.4 is 5.32 Å². The van der Waals surface area contributed by atoms with Gasteiger partial charge in [0.05, 0.1) is 0 Å². The molecule has 0 aromatic heterocycles. The predicted octanol–water partition coefficient (Wildman–Crippen LogP) is 2.47. The molecule has 1 heterocycles. The summed E-state index contributed by atoms with van der Waals surface area (Å²) in [7, 11) is 1.94. The summed E-state index contributed by atoms with van der Waals surface area (Å²) in [5.41, 5.74) is 1.39. The van der Waals surface area contributed by atoms with Crippen molar-refractivity contribution < 1.29 is 4.79 Å². The van der Waals surface area contributed by atoms with Crippen LogP contribution in [0.4, 0.5) is 0 Å². The molecule has 0 radical (unpaired) electrons. The highest BCUT2D eigenvalue weighted by molar-refractivity contribution is 5.76. The lowest BCUT2D eigenvalue weighted by atomic mass is 10.0. The van der Waals surface area contributed by atoms with Crippen molar-refractivity contribution in [1.29, 1.82) is 0 Å². The quantitative estimate of drug-likeness (QED) is 0.775. The maximum atomic E-state index is 12.1.